The Balaban J connectivity index is 2.32. The average Bonchev–Trinajstić information content (AvgIpc) is 2.74. The van der Waals surface area contributed by atoms with E-state index < -0.39 is 10.9 Å². The maximum atomic E-state index is 11.4. The number of rotatable bonds is 4. The van der Waals surface area contributed by atoms with E-state index in [-0.39, 0.29) is 11.3 Å². The van der Waals surface area contributed by atoms with Gasteiger partial charge in [-0.2, -0.15) is 0 Å². The minimum Gasteiger partial charge on any atom is -0.478 e. The van der Waals surface area contributed by atoms with Crippen molar-refractivity contribution in [3.05, 3.63) is 33.9 Å². The number of nitrogens with zero attached hydrogens (tertiary/aromatic N) is 2. The Hall–Kier alpha value is -2.11. The lowest BCUT2D eigenvalue weighted by molar-refractivity contribution is -0.384. The number of carboxylic acids is 1. The van der Waals surface area contributed by atoms with E-state index in [2.05, 4.69) is 0 Å². The number of hydrogen-bond acceptors (Lipinski definition) is 4. The molecule has 0 amide bonds. The maximum Gasteiger partial charge on any atom is 0.338 e. The van der Waals surface area contributed by atoms with Crippen LogP contribution in [0.1, 0.15) is 48.9 Å². The van der Waals surface area contributed by atoms with Gasteiger partial charge in [0.05, 0.1) is 16.2 Å². The van der Waals surface area contributed by atoms with Gasteiger partial charge in [-0.25, -0.2) is 4.79 Å². The van der Waals surface area contributed by atoms with Crippen LogP contribution in [0.3, 0.4) is 0 Å². The van der Waals surface area contributed by atoms with Crippen molar-refractivity contribution in [3.63, 3.8) is 0 Å². The summed E-state index contributed by atoms with van der Waals surface area (Å²) in [5.41, 5.74) is 0.362. The van der Waals surface area contributed by atoms with Gasteiger partial charge in [0.2, 0.25) is 0 Å². The summed E-state index contributed by atoms with van der Waals surface area (Å²) in [5.74, 6) is -1.13. The van der Waals surface area contributed by atoms with Crippen molar-refractivity contribution >= 4 is 17.3 Å². The topological polar surface area (TPSA) is 83.7 Å². The second kappa shape index (κ2) is 6.56. The van der Waals surface area contributed by atoms with E-state index in [1.165, 1.54) is 18.9 Å². The third-order valence-corrected chi connectivity index (χ3v) is 4.17. The Labute approximate surface area is 123 Å². The summed E-state index contributed by atoms with van der Waals surface area (Å²) in [5, 5.41) is 20.1. The van der Waals surface area contributed by atoms with Crippen molar-refractivity contribution < 1.29 is 14.8 Å². The van der Waals surface area contributed by atoms with Crippen molar-refractivity contribution in [2.24, 2.45) is 0 Å². The largest absolute Gasteiger partial charge is 0.478 e. The van der Waals surface area contributed by atoms with Crippen molar-refractivity contribution in [1.82, 2.24) is 0 Å². The number of nitro benzene ring substituents is 1. The first-order valence-corrected chi connectivity index (χ1v) is 7.25. The van der Waals surface area contributed by atoms with E-state index in [0.29, 0.717) is 11.7 Å². The van der Waals surface area contributed by atoms with Crippen molar-refractivity contribution in [3.8, 4) is 0 Å². The molecule has 21 heavy (non-hydrogen) atoms. The second-order valence-corrected chi connectivity index (χ2v) is 5.52. The number of carbonyl (C=O) groups is 1. The van der Waals surface area contributed by atoms with Gasteiger partial charge in [0.15, 0.2) is 0 Å². The molecule has 6 heteroatoms. The molecule has 0 aromatic heterocycles. The molecule has 1 aliphatic rings. The summed E-state index contributed by atoms with van der Waals surface area (Å²) in [7, 11) is 1.88. The third-order valence-electron chi connectivity index (χ3n) is 4.17. The molecular formula is C15H20N2O4. The Morgan fingerprint density at radius 3 is 2.43 bits per heavy atom. The monoisotopic (exact) mass is 292 g/mol. The number of aromatic carboxylic acids is 1. The first-order chi connectivity index (χ1) is 10.0. The average molecular weight is 292 g/mol. The van der Waals surface area contributed by atoms with Crippen LogP contribution in [0.2, 0.25) is 0 Å². The molecule has 1 saturated carbocycles. The summed E-state index contributed by atoms with van der Waals surface area (Å²) >= 11 is 0. The van der Waals surface area contributed by atoms with E-state index in [0.717, 1.165) is 31.7 Å². The van der Waals surface area contributed by atoms with Crippen molar-refractivity contribution in [1.29, 1.82) is 0 Å². The fourth-order valence-corrected chi connectivity index (χ4v) is 2.96. The quantitative estimate of drug-likeness (QED) is 0.522. The molecule has 6 nitrogen and oxygen atoms in total. The van der Waals surface area contributed by atoms with Gasteiger partial charge in [-0.15, -0.1) is 0 Å². The number of non-ortho nitro benzene ring substituents is 1. The molecular weight excluding hydrogens is 272 g/mol. The maximum absolute atomic E-state index is 11.4. The summed E-state index contributed by atoms with van der Waals surface area (Å²) in [4.78, 5) is 23.6. The summed E-state index contributed by atoms with van der Waals surface area (Å²) in [6.07, 6.45) is 6.79. The summed E-state index contributed by atoms with van der Waals surface area (Å²) in [6.45, 7) is 0. The fourth-order valence-electron chi connectivity index (χ4n) is 2.96. The lowest BCUT2D eigenvalue weighted by Gasteiger charge is -2.30. The predicted molar refractivity (Wildman–Crippen MR) is 79.9 cm³/mol. The van der Waals surface area contributed by atoms with Gasteiger partial charge in [0.1, 0.15) is 0 Å². The smallest absolute Gasteiger partial charge is 0.338 e. The molecule has 2 rings (SSSR count). The lowest BCUT2D eigenvalue weighted by atomic mass is 10.0. The third kappa shape index (κ3) is 3.51. The molecule has 0 spiro atoms. The first-order valence-electron chi connectivity index (χ1n) is 7.25. The SMILES string of the molecule is CN(c1ccc([N+](=O)[O-])cc1C(=O)O)C1CCCCCC1. The van der Waals surface area contributed by atoms with Crippen LogP contribution >= 0.6 is 0 Å². The second-order valence-electron chi connectivity index (χ2n) is 5.52. The highest BCUT2D eigenvalue weighted by Crippen LogP contribution is 2.30. The molecule has 0 aliphatic heterocycles. The number of anilines is 1. The van der Waals surface area contributed by atoms with Gasteiger partial charge in [0, 0.05) is 25.2 Å². The number of benzene rings is 1. The minimum atomic E-state index is -1.13. The Morgan fingerprint density at radius 1 is 1.29 bits per heavy atom. The van der Waals surface area contributed by atoms with Gasteiger partial charge in [-0.05, 0) is 18.9 Å². The molecule has 0 unspecified atom stereocenters. The summed E-state index contributed by atoms with van der Waals surface area (Å²) in [6, 6.07) is 4.36. The standard InChI is InChI=1S/C15H20N2O4/c1-16(11-6-4-2-3-5-7-11)14-9-8-12(17(20)21)10-13(14)15(18)19/h8-11H,2-7H2,1H3,(H,18,19). The van der Waals surface area contributed by atoms with Gasteiger partial charge < -0.3 is 10.0 Å². The molecule has 0 bridgehead atoms. The normalized spacial score (nSPS) is 16.2. The Morgan fingerprint density at radius 2 is 1.90 bits per heavy atom. The van der Waals surface area contributed by atoms with Crippen molar-refractivity contribution in [2.75, 3.05) is 11.9 Å². The number of hydrogen-bond donors (Lipinski definition) is 1. The van der Waals surface area contributed by atoms with E-state index in [1.807, 2.05) is 11.9 Å². The molecule has 1 aromatic rings. The lowest BCUT2D eigenvalue weighted by Crippen LogP contribution is -2.32. The minimum absolute atomic E-state index is 0.00375. The zero-order valence-electron chi connectivity index (χ0n) is 12.1. The van der Waals surface area contributed by atoms with Crippen LogP contribution in [-0.2, 0) is 0 Å². The van der Waals surface area contributed by atoms with E-state index >= 15 is 0 Å². The van der Waals surface area contributed by atoms with Crippen LogP contribution in [0.5, 0.6) is 0 Å². The van der Waals surface area contributed by atoms with Gasteiger partial charge >= 0.3 is 5.97 Å². The molecule has 1 aromatic carbocycles. The molecule has 1 N–H and O–H groups in total. The van der Waals surface area contributed by atoms with Crippen LogP contribution in [0.25, 0.3) is 0 Å². The van der Waals surface area contributed by atoms with Crippen LogP contribution in [0.4, 0.5) is 11.4 Å². The zero-order chi connectivity index (χ0) is 15.4. The van der Waals surface area contributed by atoms with Gasteiger partial charge in [0.25, 0.3) is 5.69 Å². The van der Waals surface area contributed by atoms with Gasteiger partial charge in [-0.3, -0.25) is 10.1 Å². The molecule has 0 atom stereocenters. The Bertz CT molecular complexity index is 536. The van der Waals surface area contributed by atoms with Crippen molar-refractivity contribution in [2.45, 2.75) is 44.6 Å². The highest BCUT2D eigenvalue weighted by atomic mass is 16.6. The fraction of sp³-hybridized carbons (Fsp3) is 0.533. The number of nitro groups is 1. The van der Waals surface area contributed by atoms with E-state index in [9.17, 15) is 20.0 Å². The van der Waals surface area contributed by atoms with Crippen LogP contribution in [0.15, 0.2) is 18.2 Å². The molecule has 114 valence electrons. The molecule has 0 heterocycles. The van der Waals surface area contributed by atoms with E-state index in [4.69, 9.17) is 0 Å². The van der Waals surface area contributed by atoms with Crippen LogP contribution in [-0.4, -0.2) is 29.1 Å². The summed E-state index contributed by atoms with van der Waals surface area (Å²) < 4.78 is 0. The van der Waals surface area contributed by atoms with E-state index in [1.54, 1.807) is 6.07 Å². The zero-order valence-corrected chi connectivity index (χ0v) is 12.1. The highest BCUT2D eigenvalue weighted by molar-refractivity contribution is 5.95. The van der Waals surface area contributed by atoms with Gasteiger partial charge in [-0.1, -0.05) is 25.7 Å². The predicted octanol–water partition coefficient (Wildman–Crippen LogP) is 3.45. The van der Waals surface area contributed by atoms with Crippen LogP contribution < -0.4 is 4.90 Å². The molecule has 1 aliphatic carbocycles. The molecule has 1 fully saturated rings. The van der Waals surface area contributed by atoms with Crippen LogP contribution in [0, 0.1) is 10.1 Å². The highest BCUT2D eigenvalue weighted by Gasteiger charge is 2.23. The number of carboxylic acid groups (broad SMARTS) is 1. The molecule has 0 radical (unpaired) electrons. The molecule has 0 saturated heterocycles. The Kier molecular flexibility index (Phi) is 4.77. The first kappa shape index (κ1) is 15.3.